The number of esters is 1. The van der Waals surface area contributed by atoms with Gasteiger partial charge < -0.3 is 15.4 Å². The number of hydrogen-bond acceptors (Lipinski definition) is 6. The molecule has 0 spiro atoms. The van der Waals surface area contributed by atoms with Gasteiger partial charge in [-0.1, -0.05) is 18.2 Å². The number of nitrogens with one attached hydrogen (secondary N) is 3. The molecule has 1 atom stereocenters. The molecule has 0 aliphatic carbocycles. The van der Waals surface area contributed by atoms with Gasteiger partial charge in [0.25, 0.3) is 11.8 Å². The molecule has 3 rings (SSSR count). The maximum Gasteiger partial charge on any atom is 0.308 e. The summed E-state index contributed by atoms with van der Waals surface area (Å²) >= 11 is 0. The number of nitrogens with zero attached hydrogens (tertiary/aromatic N) is 1. The fraction of sp³-hybridized carbons (Fsp3) is 0.227. The molecule has 0 saturated heterocycles. The number of rotatable bonds is 8. The van der Waals surface area contributed by atoms with E-state index in [4.69, 9.17) is 4.74 Å². The Bertz CT molecular complexity index is 1120. The molecule has 0 bridgehead atoms. The highest BCUT2D eigenvalue weighted by Crippen LogP contribution is 2.15. The highest BCUT2D eigenvalue weighted by Gasteiger charge is 2.19. The molecule has 1 heterocycles. The number of para-hydroxylation sites is 1. The van der Waals surface area contributed by atoms with E-state index in [9.17, 15) is 19.2 Å². The van der Waals surface area contributed by atoms with Crippen molar-refractivity contribution >= 4 is 40.2 Å². The van der Waals surface area contributed by atoms with Gasteiger partial charge in [0.2, 0.25) is 0 Å². The summed E-state index contributed by atoms with van der Waals surface area (Å²) in [5.74, 6) is -1.62. The van der Waals surface area contributed by atoms with E-state index in [2.05, 4.69) is 20.8 Å². The van der Waals surface area contributed by atoms with Gasteiger partial charge >= 0.3 is 5.97 Å². The third kappa shape index (κ3) is 5.53. The predicted molar refractivity (Wildman–Crippen MR) is 114 cm³/mol. The van der Waals surface area contributed by atoms with Crippen LogP contribution in [0.2, 0.25) is 0 Å². The summed E-state index contributed by atoms with van der Waals surface area (Å²) in [7, 11) is 0. The zero-order valence-electron chi connectivity index (χ0n) is 17.1. The molecule has 1 unspecified atom stereocenters. The molecule has 0 radical (unpaired) electrons. The lowest BCUT2D eigenvalue weighted by atomic mass is 10.1. The average Bonchev–Trinajstić information content (AvgIpc) is 3.18. The molecule has 31 heavy (non-hydrogen) atoms. The number of anilines is 1. The molecule has 0 fully saturated rings. The van der Waals surface area contributed by atoms with Gasteiger partial charge in [-0.2, -0.15) is 5.10 Å². The van der Waals surface area contributed by atoms with Gasteiger partial charge in [0, 0.05) is 23.2 Å². The molecular weight excluding hydrogens is 400 g/mol. The van der Waals surface area contributed by atoms with Crippen LogP contribution >= 0.6 is 0 Å². The standard InChI is InChI=1S/C22H22N4O5/c1-13(27)15-7-9-16(10-8-15)24-21(29)14(2)31-19(28)11-12-23-22(30)20-17-5-3-4-6-18(17)25-26-20/h3-10,14H,11-12H2,1-2H3,(H,23,30)(H,24,29)(H,25,26). The lowest BCUT2D eigenvalue weighted by molar-refractivity contribution is -0.153. The molecule has 2 amide bonds. The first-order valence-corrected chi connectivity index (χ1v) is 9.68. The molecule has 3 N–H and O–H groups in total. The first kappa shape index (κ1) is 21.7. The van der Waals surface area contributed by atoms with Crippen LogP contribution in [0.5, 0.6) is 0 Å². The number of carbonyl (C=O) groups excluding carboxylic acids is 4. The first-order valence-electron chi connectivity index (χ1n) is 9.68. The van der Waals surface area contributed by atoms with Crippen LogP contribution < -0.4 is 10.6 Å². The summed E-state index contributed by atoms with van der Waals surface area (Å²) in [6, 6.07) is 13.6. The maximum absolute atomic E-state index is 12.3. The maximum atomic E-state index is 12.3. The monoisotopic (exact) mass is 422 g/mol. The van der Waals surface area contributed by atoms with Crippen LogP contribution in [-0.2, 0) is 14.3 Å². The second-order valence-corrected chi connectivity index (χ2v) is 6.88. The Hall–Kier alpha value is -4.01. The Balaban J connectivity index is 1.43. The smallest absolute Gasteiger partial charge is 0.308 e. The van der Waals surface area contributed by atoms with E-state index < -0.39 is 23.9 Å². The van der Waals surface area contributed by atoms with E-state index in [1.165, 1.54) is 13.8 Å². The first-order chi connectivity index (χ1) is 14.8. The minimum absolute atomic E-state index is 0.0414. The van der Waals surface area contributed by atoms with Crippen molar-refractivity contribution in [2.45, 2.75) is 26.4 Å². The molecule has 160 valence electrons. The van der Waals surface area contributed by atoms with Crippen LogP contribution in [-0.4, -0.2) is 46.4 Å². The van der Waals surface area contributed by atoms with Crippen molar-refractivity contribution in [3.63, 3.8) is 0 Å². The minimum Gasteiger partial charge on any atom is -0.452 e. The quantitative estimate of drug-likeness (QED) is 0.378. The fourth-order valence-electron chi connectivity index (χ4n) is 2.84. The number of hydrogen-bond donors (Lipinski definition) is 3. The van der Waals surface area contributed by atoms with E-state index in [0.29, 0.717) is 16.6 Å². The number of amides is 2. The van der Waals surface area contributed by atoms with E-state index in [0.717, 1.165) is 5.52 Å². The molecule has 0 aliphatic heterocycles. The van der Waals surface area contributed by atoms with Crippen molar-refractivity contribution in [1.82, 2.24) is 15.5 Å². The lowest BCUT2D eigenvalue weighted by Crippen LogP contribution is -2.32. The number of ether oxygens (including phenoxy) is 1. The molecule has 9 heteroatoms. The summed E-state index contributed by atoms with van der Waals surface area (Å²) in [4.78, 5) is 47.7. The zero-order valence-corrected chi connectivity index (χ0v) is 17.1. The molecule has 0 saturated carbocycles. The van der Waals surface area contributed by atoms with Gasteiger partial charge in [0.15, 0.2) is 17.6 Å². The van der Waals surface area contributed by atoms with Crippen LogP contribution in [0.4, 0.5) is 5.69 Å². The SMILES string of the molecule is CC(=O)c1ccc(NC(=O)C(C)OC(=O)CCNC(=O)c2n[nH]c3ccccc23)cc1. The zero-order chi connectivity index (χ0) is 22.4. The van der Waals surface area contributed by atoms with Gasteiger partial charge in [-0.3, -0.25) is 24.3 Å². The second kappa shape index (κ2) is 9.66. The number of benzene rings is 2. The summed E-state index contributed by atoms with van der Waals surface area (Å²) in [5.41, 5.74) is 1.99. The third-order valence-corrected chi connectivity index (χ3v) is 4.54. The van der Waals surface area contributed by atoms with Crippen LogP contribution in [0.1, 0.15) is 41.1 Å². The molecule has 1 aromatic heterocycles. The number of Topliss-reactive ketones (excluding diaryl/α,β-unsaturated/α-hetero) is 1. The summed E-state index contributed by atoms with van der Waals surface area (Å²) < 4.78 is 5.11. The topological polar surface area (TPSA) is 130 Å². The fourth-order valence-corrected chi connectivity index (χ4v) is 2.84. The van der Waals surface area contributed by atoms with Crippen LogP contribution in [0.3, 0.4) is 0 Å². The highest BCUT2D eigenvalue weighted by atomic mass is 16.5. The van der Waals surface area contributed by atoms with Crippen molar-refractivity contribution in [3.05, 3.63) is 59.8 Å². The number of ketones is 1. The van der Waals surface area contributed by atoms with Gasteiger partial charge in [-0.15, -0.1) is 0 Å². The number of aromatic amines is 1. The van der Waals surface area contributed by atoms with Crippen molar-refractivity contribution < 1.29 is 23.9 Å². The number of fused-ring (bicyclic) bond motifs is 1. The Morgan fingerprint density at radius 3 is 2.48 bits per heavy atom. The molecule has 0 aliphatic rings. The van der Waals surface area contributed by atoms with Crippen molar-refractivity contribution in [1.29, 1.82) is 0 Å². The molecule has 2 aromatic carbocycles. The van der Waals surface area contributed by atoms with Crippen LogP contribution in [0.25, 0.3) is 10.9 Å². The van der Waals surface area contributed by atoms with E-state index in [-0.39, 0.29) is 24.4 Å². The Labute approximate surface area is 178 Å². The Kier molecular flexibility index (Phi) is 6.76. The van der Waals surface area contributed by atoms with E-state index >= 15 is 0 Å². The van der Waals surface area contributed by atoms with Gasteiger partial charge in [-0.25, -0.2) is 0 Å². The summed E-state index contributed by atoms with van der Waals surface area (Å²) in [6.45, 7) is 2.94. The largest absolute Gasteiger partial charge is 0.452 e. The van der Waals surface area contributed by atoms with Crippen molar-refractivity contribution in [3.8, 4) is 0 Å². The van der Waals surface area contributed by atoms with Gasteiger partial charge in [-0.05, 0) is 44.2 Å². The van der Waals surface area contributed by atoms with Gasteiger partial charge in [0.05, 0.1) is 11.9 Å². The lowest BCUT2D eigenvalue weighted by Gasteiger charge is -2.14. The van der Waals surface area contributed by atoms with Gasteiger partial charge in [0.1, 0.15) is 0 Å². The molecular formula is C22H22N4O5. The Morgan fingerprint density at radius 1 is 1.06 bits per heavy atom. The van der Waals surface area contributed by atoms with E-state index in [1.54, 1.807) is 42.5 Å². The Morgan fingerprint density at radius 2 is 1.77 bits per heavy atom. The van der Waals surface area contributed by atoms with Crippen molar-refractivity contribution in [2.75, 3.05) is 11.9 Å². The minimum atomic E-state index is -1.02. The van der Waals surface area contributed by atoms with Crippen LogP contribution in [0, 0.1) is 0 Å². The highest BCUT2D eigenvalue weighted by molar-refractivity contribution is 6.04. The second-order valence-electron chi connectivity index (χ2n) is 6.88. The predicted octanol–water partition coefficient (Wildman–Crippen LogP) is 2.46. The third-order valence-electron chi connectivity index (χ3n) is 4.54. The van der Waals surface area contributed by atoms with Crippen molar-refractivity contribution in [2.24, 2.45) is 0 Å². The van der Waals surface area contributed by atoms with Crippen LogP contribution in [0.15, 0.2) is 48.5 Å². The average molecular weight is 422 g/mol. The molecule has 3 aromatic rings. The normalized spacial score (nSPS) is 11.5. The summed E-state index contributed by atoms with van der Waals surface area (Å²) in [6.07, 6.45) is -1.12. The number of H-pyrrole nitrogens is 1. The number of carbonyl (C=O) groups is 4. The van der Waals surface area contributed by atoms with E-state index in [1.807, 2.05) is 6.07 Å². The summed E-state index contributed by atoms with van der Waals surface area (Å²) in [5, 5.41) is 12.7. The number of aromatic nitrogens is 2. The molecule has 9 nitrogen and oxygen atoms in total.